The molecule has 0 radical (unpaired) electrons. The van der Waals surface area contributed by atoms with E-state index < -0.39 is 5.60 Å². The van der Waals surface area contributed by atoms with Crippen molar-refractivity contribution in [3.05, 3.63) is 65.7 Å². The van der Waals surface area contributed by atoms with Crippen LogP contribution in [0.3, 0.4) is 0 Å². The van der Waals surface area contributed by atoms with E-state index in [1.807, 2.05) is 20.8 Å². The zero-order chi connectivity index (χ0) is 25.1. The van der Waals surface area contributed by atoms with Gasteiger partial charge in [-0.1, -0.05) is 53.8 Å². The van der Waals surface area contributed by atoms with Crippen LogP contribution in [0.25, 0.3) is 15.8 Å². The first-order valence-electron chi connectivity index (χ1n) is 12.8. The normalized spacial score (nSPS) is 17.8. The monoisotopic (exact) mass is 505 g/mol. The van der Waals surface area contributed by atoms with Gasteiger partial charge in [0.15, 0.2) is 0 Å². The minimum absolute atomic E-state index is 0.219. The number of aromatic nitrogens is 1. The second-order valence-electron chi connectivity index (χ2n) is 10.6. The predicted molar refractivity (Wildman–Crippen MR) is 145 cm³/mol. The maximum atomic E-state index is 12.3. The summed E-state index contributed by atoms with van der Waals surface area (Å²) in [6.07, 6.45) is 4.97. The van der Waals surface area contributed by atoms with Gasteiger partial charge in [-0.2, -0.15) is 0 Å². The van der Waals surface area contributed by atoms with Crippen LogP contribution in [0.4, 0.5) is 4.79 Å². The van der Waals surface area contributed by atoms with Crippen molar-refractivity contribution in [1.29, 1.82) is 0 Å². The third-order valence-electron chi connectivity index (χ3n) is 6.65. The number of hydrogen-bond donors (Lipinski definition) is 0. The highest BCUT2D eigenvalue weighted by molar-refractivity contribution is 7.20. The number of rotatable bonds is 5. The summed E-state index contributed by atoms with van der Waals surface area (Å²) in [5, 5.41) is 0.761. The van der Waals surface area contributed by atoms with Gasteiger partial charge in [-0.05, 0) is 68.9 Å². The number of benzene rings is 2. The molecule has 2 aromatic carbocycles. The van der Waals surface area contributed by atoms with Gasteiger partial charge in [0, 0.05) is 32.7 Å². The van der Waals surface area contributed by atoms with Crippen LogP contribution >= 0.6 is 11.3 Å². The molecule has 0 bridgehead atoms. The lowest BCUT2D eigenvalue weighted by Gasteiger charge is -2.31. The van der Waals surface area contributed by atoms with Gasteiger partial charge >= 0.3 is 6.09 Å². The molecule has 0 unspecified atom stereocenters. The molecule has 2 aliphatic heterocycles. The SMILES string of the molecule is CC(C)(C)OC(=O)N1CC=C(c2ccc3nc(OC4CCN(Cc5ccccc5)CC4)sc3c2)CC1. The molecule has 6 nitrogen and oxygen atoms in total. The standard InChI is InChI=1S/C29H35N3O3S/c1-29(2,3)35-28(33)32-17-11-22(12-18-32)23-9-10-25-26(19-23)36-27(30-25)34-24-13-15-31(16-14-24)20-21-7-5-4-6-8-21/h4-11,19,24H,12-18,20H2,1-3H3. The minimum Gasteiger partial charge on any atom is -0.467 e. The summed E-state index contributed by atoms with van der Waals surface area (Å²) in [7, 11) is 0. The quantitative estimate of drug-likeness (QED) is 0.404. The maximum Gasteiger partial charge on any atom is 0.410 e. The van der Waals surface area contributed by atoms with E-state index in [4.69, 9.17) is 14.5 Å². The highest BCUT2D eigenvalue weighted by Gasteiger charge is 2.25. The molecule has 7 heteroatoms. The second-order valence-corrected chi connectivity index (χ2v) is 11.6. The van der Waals surface area contributed by atoms with Crippen molar-refractivity contribution in [2.75, 3.05) is 26.2 Å². The van der Waals surface area contributed by atoms with Crippen LogP contribution in [-0.4, -0.2) is 58.8 Å². The summed E-state index contributed by atoms with van der Waals surface area (Å²) in [5.74, 6) is 0. The van der Waals surface area contributed by atoms with Crippen LogP contribution in [0, 0.1) is 0 Å². The van der Waals surface area contributed by atoms with Crippen molar-refractivity contribution < 1.29 is 14.3 Å². The van der Waals surface area contributed by atoms with Crippen LogP contribution in [0.15, 0.2) is 54.6 Å². The van der Waals surface area contributed by atoms with Crippen molar-refractivity contribution in [2.24, 2.45) is 0 Å². The van der Waals surface area contributed by atoms with Crippen LogP contribution in [0.1, 0.15) is 51.2 Å². The average molecular weight is 506 g/mol. The lowest BCUT2D eigenvalue weighted by Crippen LogP contribution is -2.39. The Morgan fingerprint density at radius 3 is 2.56 bits per heavy atom. The molecule has 5 rings (SSSR count). The fraction of sp³-hybridized carbons (Fsp3) is 0.448. The van der Waals surface area contributed by atoms with Gasteiger partial charge in [-0.25, -0.2) is 9.78 Å². The molecule has 0 spiro atoms. The van der Waals surface area contributed by atoms with Gasteiger partial charge in [-0.15, -0.1) is 0 Å². The molecule has 36 heavy (non-hydrogen) atoms. The Morgan fingerprint density at radius 1 is 1.08 bits per heavy atom. The van der Waals surface area contributed by atoms with E-state index in [1.165, 1.54) is 16.7 Å². The Hall–Kier alpha value is -2.90. The first-order chi connectivity index (χ1) is 17.3. The molecule has 0 atom stereocenters. The number of likely N-dealkylation sites (tertiary alicyclic amines) is 1. The third-order valence-corrected chi connectivity index (χ3v) is 7.56. The van der Waals surface area contributed by atoms with E-state index in [0.29, 0.717) is 13.1 Å². The molecule has 0 saturated carbocycles. The molecule has 3 heterocycles. The van der Waals surface area contributed by atoms with Gasteiger partial charge in [0.2, 0.25) is 0 Å². The van der Waals surface area contributed by atoms with Gasteiger partial charge < -0.3 is 14.4 Å². The predicted octanol–water partition coefficient (Wildman–Crippen LogP) is 6.36. The lowest BCUT2D eigenvalue weighted by atomic mass is 9.99. The van der Waals surface area contributed by atoms with E-state index in [0.717, 1.165) is 54.3 Å². The zero-order valence-corrected chi connectivity index (χ0v) is 22.2. The van der Waals surface area contributed by atoms with Crippen LogP contribution in [0.5, 0.6) is 5.19 Å². The third kappa shape index (κ3) is 6.26. The summed E-state index contributed by atoms with van der Waals surface area (Å²) in [5.41, 5.74) is 4.32. The van der Waals surface area contributed by atoms with Crippen LogP contribution in [-0.2, 0) is 11.3 Å². The van der Waals surface area contributed by atoms with E-state index in [-0.39, 0.29) is 12.2 Å². The van der Waals surface area contributed by atoms with E-state index in [1.54, 1.807) is 16.2 Å². The number of carbonyl (C=O) groups excluding carboxylic acids is 1. The Labute approximate surface area is 217 Å². The molecule has 2 aliphatic rings. The van der Waals surface area contributed by atoms with Crippen molar-refractivity contribution in [3.8, 4) is 5.19 Å². The lowest BCUT2D eigenvalue weighted by molar-refractivity contribution is 0.0270. The first-order valence-corrected chi connectivity index (χ1v) is 13.6. The van der Waals surface area contributed by atoms with Gasteiger partial charge in [0.05, 0.1) is 10.2 Å². The Balaban J connectivity index is 1.17. The fourth-order valence-electron chi connectivity index (χ4n) is 4.75. The molecule has 190 valence electrons. The number of thiazole rings is 1. The highest BCUT2D eigenvalue weighted by Crippen LogP contribution is 2.33. The van der Waals surface area contributed by atoms with Gasteiger partial charge in [0.25, 0.3) is 5.19 Å². The molecule has 1 amide bonds. The maximum absolute atomic E-state index is 12.3. The van der Waals surface area contributed by atoms with Crippen molar-refractivity contribution in [1.82, 2.24) is 14.8 Å². The second kappa shape index (κ2) is 10.6. The summed E-state index contributed by atoms with van der Waals surface area (Å²) in [6, 6.07) is 17.1. The minimum atomic E-state index is -0.475. The highest BCUT2D eigenvalue weighted by atomic mass is 32.1. The first kappa shape index (κ1) is 24.8. The van der Waals surface area contributed by atoms with E-state index in [9.17, 15) is 4.79 Å². The molecule has 1 aromatic heterocycles. The number of hydrogen-bond acceptors (Lipinski definition) is 6. The number of piperidine rings is 1. The van der Waals surface area contributed by atoms with Crippen molar-refractivity contribution in [2.45, 2.75) is 58.3 Å². The molecule has 0 aliphatic carbocycles. The van der Waals surface area contributed by atoms with Gasteiger partial charge in [-0.3, -0.25) is 4.90 Å². The summed E-state index contributed by atoms with van der Waals surface area (Å²) in [4.78, 5) is 21.4. The summed E-state index contributed by atoms with van der Waals surface area (Å²) < 4.78 is 13.0. The number of carbonyl (C=O) groups is 1. The number of fused-ring (bicyclic) bond motifs is 1. The number of nitrogens with zero attached hydrogens (tertiary/aromatic N) is 3. The molecular weight excluding hydrogens is 470 g/mol. The molecular formula is C29H35N3O3S. The van der Waals surface area contributed by atoms with Crippen LogP contribution in [0.2, 0.25) is 0 Å². The molecule has 0 N–H and O–H groups in total. The van der Waals surface area contributed by atoms with Gasteiger partial charge in [0.1, 0.15) is 11.7 Å². The Kier molecular flexibility index (Phi) is 7.30. The van der Waals surface area contributed by atoms with Crippen LogP contribution < -0.4 is 4.74 Å². The van der Waals surface area contributed by atoms with Crippen molar-refractivity contribution >= 4 is 33.2 Å². The van der Waals surface area contributed by atoms with E-state index >= 15 is 0 Å². The molecule has 1 saturated heterocycles. The number of amides is 1. The summed E-state index contributed by atoms with van der Waals surface area (Å²) >= 11 is 1.63. The van der Waals surface area contributed by atoms with E-state index in [2.05, 4.69) is 59.5 Å². The zero-order valence-electron chi connectivity index (χ0n) is 21.4. The summed E-state index contributed by atoms with van der Waals surface area (Å²) in [6.45, 7) is 10.0. The van der Waals surface area contributed by atoms with Crippen molar-refractivity contribution in [3.63, 3.8) is 0 Å². The Bertz CT molecular complexity index is 1220. The largest absolute Gasteiger partial charge is 0.467 e. The number of ether oxygens (including phenoxy) is 2. The Morgan fingerprint density at radius 2 is 1.86 bits per heavy atom. The fourth-order valence-corrected chi connectivity index (χ4v) is 5.67. The smallest absolute Gasteiger partial charge is 0.410 e. The average Bonchev–Trinajstić information content (AvgIpc) is 3.26. The molecule has 3 aromatic rings. The molecule has 1 fully saturated rings. The topological polar surface area (TPSA) is 54.9 Å².